The molecule has 1 unspecified atom stereocenters. The third-order valence-corrected chi connectivity index (χ3v) is 8.39. The van der Waals surface area contributed by atoms with Crippen molar-refractivity contribution in [3.8, 4) is 0 Å². The number of carbonyl (C=O) groups excluding carboxylic acids is 4. The molecule has 2 aromatic rings. The molecule has 4 amide bonds. The molecule has 0 bridgehead atoms. The highest BCUT2D eigenvalue weighted by atomic mass is 32.1. The SMILES string of the molecule is CC(C)CN(c1nc(C(=O)N(C(=O)C2=C(C(F)(F)F)OC(c3ccccc3)N2C(=O)NN)[C@H](C=O)CC2CC2)cs1)C1CC1. The first-order valence-electron chi connectivity index (χ1n) is 14.3. The maximum absolute atomic E-state index is 14.5. The van der Waals surface area contributed by atoms with E-state index in [9.17, 15) is 32.3 Å². The van der Waals surface area contributed by atoms with Crippen molar-refractivity contribution in [3.63, 3.8) is 0 Å². The molecule has 1 aromatic heterocycles. The largest absolute Gasteiger partial charge is 0.458 e. The summed E-state index contributed by atoms with van der Waals surface area (Å²) >= 11 is 1.17. The summed E-state index contributed by atoms with van der Waals surface area (Å²) in [5.41, 5.74) is 0.410. The predicted octanol–water partition coefficient (Wildman–Crippen LogP) is 4.49. The van der Waals surface area contributed by atoms with E-state index < -0.39 is 47.7 Å². The molecule has 5 rings (SSSR count). The number of rotatable bonds is 11. The van der Waals surface area contributed by atoms with Crippen LogP contribution in [0.4, 0.5) is 23.1 Å². The van der Waals surface area contributed by atoms with Crippen LogP contribution < -0.4 is 16.2 Å². The van der Waals surface area contributed by atoms with Gasteiger partial charge in [0, 0.05) is 23.5 Å². The van der Waals surface area contributed by atoms with E-state index in [0.717, 1.165) is 25.7 Å². The second kappa shape index (κ2) is 12.6. The van der Waals surface area contributed by atoms with Crippen LogP contribution in [0.2, 0.25) is 0 Å². The zero-order valence-corrected chi connectivity index (χ0v) is 24.9. The number of halogens is 3. The molecule has 0 radical (unpaired) electrons. The Hall–Kier alpha value is -3.98. The van der Waals surface area contributed by atoms with Gasteiger partial charge < -0.3 is 14.4 Å². The molecule has 2 aliphatic carbocycles. The third kappa shape index (κ3) is 6.58. The van der Waals surface area contributed by atoms with Gasteiger partial charge in [0.2, 0.25) is 12.0 Å². The number of aromatic nitrogens is 1. The second-order valence-electron chi connectivity index (χ2n) is 11.5. The number of nitrogens with two attached hydrogens (primary N) is 1. The van der Waals surface area contributed by atoms with E-state index in [4.69, 9.17) is 10.6 Å². The minimum absolute atomic E-state index is 0.00657. The molecule has 1 aromatic carbocycles. The smallest absolute Gasteiger partial charge is 0.451 e. The fourth-order valence-corrected chi connectivity index (χ4v) is 6.05. The Morgan fingerprint density at radius 1 is 1.16 bits per heavy atom. The van der Waals surface area contributed by atoms with E-state index >= 15 is 0 Å². The number of allylic oxidation sites excluding steroid dienone is 1. The molecule has 0 saturated heterocycles. The summed E-state index contributed by atoms with van der Waals surface area (Å²) in [5.74, 6) is 1.26. The van der Waals surface area contributed by atoms with Crippen LogP contribution >= 0.6 is 11.3 Å². The molecule has 44 heavy (non-hydrogen) atoms. The average Bonchev–Trinajstić information content (AvgIpc) is 3.91. The van der Waals surface area contributed by atoms with Gasteiger partial charge >= 0.3 is 12.2 Å². The van der Waals surface area contributed by atoms with Gasteiger partial charge in [0.1, 0.15) is 12.0 Å². The first-order chi connectivity index (χ1) is 20.9. The summed E-state index contributed by atoms with van der Waals surface area (Å²) in [7, 11) is 0. The average molecular weight is 635 g/mol. The van der Waals surface area contributed by atoms with E-state index in [0.29, 0.717) is 33.7 Å². The van der Waals surface area contributed by atoms with Gasteiger partial charge in [-0.2, -0.15) is 13.2 Å². The minimum Gasteiger partial charge on any atom is -0.458 e. The summed E-state index contributed by atoms with van der Waals surface area (Å²) in [4.78, 5) is 61.1. The summed E-state index contributed by atoms with van der Waals surface area (Å²) in [6.07, 6.45) is -3.16. The van der Waals surface area contributed by atoms with Crippen LogP contribution in [0.1, 0.15) is 68.2 Å². The number of hydrazine groups is 1. The Balaban J connectivity index is 1.58. The number of ether oxygens (including phenoxy) is 1. The van der Waals surface area contributed by atoms with Crippen LogP contribution in [-0.4, -0.2) is 63.7 Å². The first-order valence-corrected chi connectivity index (χ1v) is 15.2. The lowest BCUT2D eigenvalue weighted by Crippen LogP contribution is -2.51. The highest BCUT2D eigenvalue weighted by Gasteiger charge is 2.54. The molecule has 236 valence electrons. The van der Waals surface area contributed by atoms with Crippen LogP contribution in [0.3, 0.4) is 0 Å². The molecule has 3 N–H and O–H groups in total. The van der Waals surface area contributed by atoms with Gasteiger partial charge in [0.05, 0.1) is 6.04 Å². The van der Waals surface area contributed by atoms with Gasteiger partial charge in [-0.3, -0.25) is 19.9 Å². The summed E-state index contributed by atoms with van der Waals surface area (Å²) in [5, 5.41) is 1.96. The van der Waals surface area contributed by atoms with Gasteiger partial charge in [0.15, 0.2) is 10.8 Å². The lowest BCUT2D eigenvalue weighted by Gasteiger charge is -2.30. The number of amides is 4. The van der Waals surface area contributed by atoms with Crippen molar-refractivity contribution in [1.82, 2.24) is 20.2 Å². The van der Waals surface area contributed by atoms with E-state index in [-0.39, 0.29) is 29.6 Å². The second-order valence-corrected chi connectivity index (χ2v) is 12.4. The number of aldehydes is 1. The quantitative estimate of drug-likeness (QED) is 0.121. The van der Waals surface area contributed by atoms with Crippen molar-refractivity contribution in [2.24, 2.45) is 17.7 Å². The normalized spacial score (nSPS) is 19.1. The molecule has 3 aliphatic rings. The summed E-state index contributed by atoms with van der Waals surface area (Å²) in [6.45, 7) is 4.77. The van der Waals surface area contributed by atoms with Crippen LogP contribution in [0, 0.1) is 11.8 Å². The minimum atomic E-state index is -5.25. The van der Waals surface area contributed by atoms with Crippen molar-refractivity contribution in [3.05, 3.63) is 58.4 Å². The van der Waals surface area contributed by atoms with Crippen molar-refractivity contribution in [2.45, 2.75) is 70.4 Å². The number of carbonyl (C=O) groups is 4. The van der Waals surface area contributed by atoms with Crippen LogP contribution in [0.5, 0.6) is 0 Å². The molecule has 2 heterocycles. The third-order valence-electron chi connectivity index (χ3n) is 7.51. The Morgan fingerprint density at radius 3 is 2.39 bits per heavy atom. The van der Waals surface area contributed by atoms with Crippen LogP contribution in [0.25, 0.3) is 0 Å². The van der Waals surface area contributed by atoms with Gasteiger partial charge in [-0.05, 0) is 31.1 Å². The van der Waals surface area contributed by atoms with E-state index in [2.05, 4.69) is 9.88 Å². The maximum Gasteiger partial charge on any atom is 0.451 e. The molecule has 0 spiro atoms. The fraction of sp³-hybridized carbons (Fsp3) is 0.483. The molecule has 2 saturated carbocycles. The molecular weight excluding hydrogens is 601 g/mol. The van der Waals surface area contributed by atoms with Crippen molar-refractivity contribution in [1.29, 1.82) is 0 Å². The van der Waals surface area contributed by atoms with Crippen LogP contribution in [-0.2, 0) is 14.3 Å². The Labute approximate surface area is 255 Å². The number of imide groups is 1. The van der Waals surface area contributed by atoms with Crippen molar-refractivity contribution in [2.75, 3.05) is 11.4 Å². The van der Waals surface area contributed by atoms with Gasteiger partial charge in [0.25, 0.3) is 11.8 Å². The zero-order valence-electron chi connectivity index (χ0n) is 24.1. The lowest BCUT2D eigenvalue weighted by atomic mass is 10.1. The van der Waals surface area contributed by atoms with Gasteiger partial charge in [-0.15, -0.1) is 11.3 Å². The standard InChI is InChI=1S/C29H33F3N6O5S/c1-16(2)13-36(19-10-11-19)28-34-21(15-44-28)24(40)37(20(14-39)12-17-8-9-17)25(41)22-23(29(30,31)32)43-26(38(22)27(42)35-33)18-6-4-3-5-7-18/h3-7,14-17,19-20,26H,8-13,33H2,1-2H3,(H,35,42)/t20-,26?/m0/s1. The van der Waals surface area contributed by atoms with Gasteiger partial charge in [-0.1, -0.05) is 57.0 Å². The molecule has 2 fully saturated rings. The Bertz CT molecular complexity index is 1440. The summed E-state index contributed by atoms with van der Waals surface area (Å²) < 4.78 is 48.6. The van der Waals surface area contributed by atoms with Gasteiger partial charge in [-0.25, -0.2) is 20.5 Å². The van der Waals surface area contributed by atoms with Crippen LogP contribution in [0.15, 0.2) is 47.2 Å². The number of nitrogens with zero attached hydrogens (tertiary/aromatic N) is 4. The van der Waals surface area contributed by atoms with E-state index in [1.807, 2.05) is 13.8 Å². The topological polar surface area (TPSA) is 138 Å². The number of nitrogens with one attached hydrogen (secondary N) is 1. The molecular formula is C29H33F3N6O5S. The Kier molecular flexibility index (Phi) is 8.97. The Morgan fingerprint density at radius 2 is 1.84 bits per heavy atom. The number of benzene rings is 1. The number of hydrogen-bond donors (Lipinski definition) is 2. The van der Waals surface area contributed by atoms with Crippen molar-refractivity contribution >= 4 is 40.6 Å². The molecule has 1 aliphatic heterocycles. The monoisotopic (exact) mass is 634 g/mol. The van der Waals surface area contributed by atoms with Crippen molar-refractivity contribution < 1.29 is 37.1 Å². The number of thiazole rings is 1. The number of urea groups is 1. The number of anilines is 1. The number of hydrogen-bond acceptors (Lipinski definition) is 9. The lowest BCUT2D eigenvalue weighted by molar-refractivity contribution is -0.139. The van der Waals surface area contributed by atoms with E-state index in [1.54, 1.807) is 11.5 Å². The maximum atomic E-state index is 14.5. The van der Waals surface area contributed by atoms with E-state index in [1.165, 1.54) is 41.0 Å². The fourth-order valence-electron chi connectivity index (χ4n) is 5.17. The highest BCUT2D eigenvalue weighted by molar-refractivity contribution is 7.14. The molecule has 11 nitrogen and oxygen atoms in total. The predicted molar refractivity (Wildman–Crippen MR) is 154 cm³/mol. The first kappa shape index (κ1) is 31.4. The number of alkyl halides is 3. The highest BCUT2D eigenvalue weighted by Crippen LogP contribution is 2.45. The molecule has 2 atom stereocenters. The summed E-state index contributed by atoms with van der Waals surface area (Å²) in [6, 6.07) is 5.02. The zero-order chi connectivity index (χ0) is 31.8. The molecule has 15 heteroatoms.